The van der Waals surface area contributed by atoms with E-state index in [2.05, 4.69) is 28.9 Å². The number of rotatable bonds is 5. The zero-order valence-corrected chi connectivity index (χ0v) is 17.7. The van der Waals surface area contributed by atoms with Crippen molar-refractivity contribution >= 4 is 29.0 Å². The minimum Gasteiger partial charge on any atom is -0.337 e. The lowest BCUT2D eigenvalue weighted by Crippen LogP contribution is -2.48. The maximum atomic E-state index is 12.9. The molecular weight excluding hydrogens is 388 g/mol. The number of thiophene rings is 1. The summed E-state index contributed by atoms with van der Waals surface area (Å²) < 4.78 is 2.05. The second-order valence-electron chi connectivity index (χ2n) is 7.17. The van der Waals surface area contributed by atoms with Gasteiger partial charge in [-0.2, -0.15) is 0 Å². The predicted octanol–water partition coefficient (Wildman–Crippen LogP) is 4.88. The first-order valence-corrected chi connectivity index (χ1v) is 11.5. The van der Waals surface area contributed by atoms with Crippen molar-refractivity contribution in [3.63, 3.8) is 0 Å². The van der Waals surface area contributed by atoms with E-state index in [1.807, 2.05) is 52.4 Å². The summed E-state index contributed by atoms with van der Waals surface area (Å²) >= 11 is 3.11. The number of hydrogen-bond acceptors (Lipinski definition) is 5. The van der Waals surface area contributed by atoms with E-state index < -0.39 is 0 Å². The number of hydrogen-bond donors (Lipinski definition) is 0. The van der Waals surface area contributed by atoms with Crippen molar-refractivity contribution in [3.8, 4) is 16.4 Å². The SMILES string of the molecule is C[C@@H]1CCC[C@@H](C)N1C(=O)CSc1nnc(-c2cccs2)n1-c1ccccc1. The number of para-hydroxylation sites is 1. The Bertz CT molecular complexity index is 913. The van der Waals surface area contributed by atoms with Crippen LogP contribution < -0.4 is 0 Å². The Hall–Kier alpha value is -2.12. The molecule has 1 aromatic carbocycles. The Morgan fingerprint density at radius 3 is 2.54 bits per heavy atom. The van der Waals surface area contributed by atoms with Crippen molar-refractivity contribution in [3.05, 3.63) is 47.8 Å². The number of likely N-dealkylation sites (tertiary alicyclic amines) is 1. The molecule has 0 spiro atoms. The molecule has 1 aliphatic heterocycles. The summed E-state index contributed by atoms with van der Waals surface area (Å²) in [7, 11) is 0. The van der Waals surface area contributed by atoms with Gasteiger partial charge in [0.2, 0.25) is 5.91 Å². The van der Waals surface area contributed by atoms with Crippen LogP contribution in [0.1, 0.15) is 33.1 Å². The Balaban J connectivity index is 1.59. The molecule has 0 bridgehead atoms. The molecule has 3 heterocycles. The molecule has 0 saturated carbocycles. The predicted molar refractivity (Wildman–Crippen MR) is 115 cm³/mol. The van der Waals surface area contributed by atoms with Gasteiger partial charge in [-0.3, -0.25) is 9.36 Å². The van der Waals surface area contributed by atoms with E-state index >= 15 is 0 Å². The van der Waals surface area contributed by atoms with Crippen LogP contribution in [0, 0.1) is 0 Å². The van der Waals surface area contributed by atoms with Gasteiger partial charge in [-0.05, 0) is 56.7 Å². The first-order chi connectivity index (χ1) is 13.6. The van der Waals surface area contributed by atoms with E-state index in [9.17, 15) is 4.79 Å². The van der Waals surface area contributed by atoms with Crippen molar-refractivity contribution in [1.29, 1.82) is 0 Å². The fourth-order valence-corrected chi connectivity index (χ4v) is 5.37. The number of thioether (sulfide) groups is 1. The van der Waals surface area contributed by atoms with Crippen LogP contribution in [0.4, 0.5) is 0 Å². The van der Waals surface area contributed by atoms with Crippen molar-refractivity contribution in [1.82, 2.24) is 19.7 Å². The van der Waals surface area contributed by atoms with Crippen molar-refractivity contribution in [2.45, 2.75) is 50.4 Å². The Labute approximate surface area is 173 Å². The third-order valence-electron chi connectivity index (χ3n) is 5.20. The number of aromatic nitrogens is 3. The fourth-order valence-electron chi connectivity index (χ4n) is 3.85. The fraction of sp³-hybridized carbons (Fsp3) is 0.381. The molecule has 146 valence electrons. The van der Waals surface area contributed by atoms with E-state index in [0.717, 1.165) is 34.4 Å². The molecule has 3 aromatic rings. The maximum absolute atomic E-state index is 12.9. The van der Waals surface area contributed by atoms with Crippen LogP contribution in [0.25, 0.3) is 16.4 Å². The van der Waals surface area contributed by atoms with Gasteiger partial charge in [-0.1, -0.05) is 36.0 Å². The smallest absolute Gasteiger partial charge is 0.233 e. The molecule has 4 rings (SSSR count). The van der Waals surface area contributed by atoms with Crippen molar-refractivity contribution < 1.29 is 4.79 Å². The van der Waals surface area contributed by atoms with Gasteiger partial charge in [0.25, 0.3) is 0 Å². The molecule has 1 amide bonds. The van der Waals surface area contributed by atoms with Crippen LogP contribution in [0.5, 0.6) is 0 Å². The van der Waals surface area contributed by atoms with Crippen molar-refractivity contribution in [2.75, 3.05) is 5.75 Å². The topological polar surface area (TPSA) is 51.0 Å². The number of carbonyl (C=O) groups is 1. The Morgan fingerprint density at radius 1 is 1.11 bits per heavy atom. The minimum absolute atomic E-state index is 0.185. The van der Waals surface area contributed by atoms with Crippen LogP contribution in [-0.4, -0.2) is 43.4 Å². The van der Waals surface area contributed by atoms with Gasteiger partial charge in [0, 0.05) is 17.8 Å². The first-order valence-electron chi connectivity index (χ1n) is 9.64. The highest BCUT2D eigenvalue weighted by Gasteiger charge is 2.29. The molecule has 2 atom stereocenters. The average molecular weight is 413 g/mol. The minimum atomic E-state index is 0.185. The van der Waals surface area contributed by atoms with Crippen LogP contribution in [-0.2, 0) is 4.79 Å². The van der Waals surface area contributed by atoms with E-state index in [4.69, 9.17) is 0 Å². The molecule has 5 nitrogen and oxygen atoms in total. The zero-order chi connectivity index (χ0) is 19.5. The van der Waals surface area contributed by atoms with Gasteiger partial charge < -0.3 is 4.90 Å². The summed E-state index contributed by atoms with van der Waals surface area (Å²) in [5, 5.41) is 11.6. The largest absolute Gasteiger partial charge is 0.337 e. The molecule has 0 unspecified atom stereocenters. The summed E-state index contributed by atoms with van der Waals surface area (Å²) in [4.78, 5) is 16.0. The molecule has 0 aliphatic carbocycles. The van der Waals surface area contributed by atoms with Gasteiger partial charge in [-0.15, -0.1) is 21.5 Å². The third kappa shape index (κ3) is 3.86. The second kappa shape index (κ2) is 8.49. The number of nitrogens with zero attached hydrogens (tertiary/aromatic N) is 4. The lowest BCUT2D eigenvalue weighted by Gasteiger charge is -2.39. The molecule has 1 fully saturated rings. The van der Waals surface area contributed by atoms with E-state index in [-0.39, 0.29) is 5.91 Å². The van der Waals surface area contributed by atoms with Gasteiger partial charge >= 0.3 is 0 Å². The van der Waals surface area contributed by atoms with Crippen LogP contribution in [0.15, 0.2) is 53.0 Å². The molecule has 2 aromatic heterocycles. The van der Waals surface area contributed by atoms with E-state index in [1.165, 1.54) is 18.2 Å². The number of piperidine rings is 1. The standard InChI is InChI=1S/C21H24N4OS2/c1-15-8-6-9-16(2)24(15)19(26)14-28-21-23-22-20(18-12-7-13-27-18)25(21)17-10-4-3-5-11-17/h3-5,7,10-13,15-16H,6,8-9,14H2,1-2H3/t15-,16-/m1/s1. The van der Waals surface area contributed by atoms with E-state index in [0.29, 0.717) is 17.8 Å². The summed E-state index contributed by atoms with van der Waals surface area (Å²) in [6.07, 6.45) is 3.37. The van der Waals surface area contributed by atoms with Gasteiger partial charge in [0.15, 0.2) is 11.0 Å². The van der Waals surface area contributed by atoms with Crippen LogP contribution in [0.2, 0.25) is 0 Å². The van der Waals surface area contributed by atoms with Crippen molar-refractivity contribution in [2.24, 2.45) is 0 Å². The molecular formula is C21H24N4OS2. The lowest BCUT2D eigenvalue weighted by atomic mass is 9.98. The highest BCUT2D eigenvalue weighted by molar-refractivity contribution is 7.99. The first kappa shape index (κ1) is 19.2. The maximum Gasteiger partial charge on any atom is 0.233 e. The summed E-state index contributed by atoms with van der Waals surface area (Å²) in [6.45, 7) is 4.30. The zero-order valence-electron chi connectivity index (χ0n) is 16.1. The lowest BCUT2D eigenvalue weighted by molar-refractivity contribution is -0.134. The highest BCUT2D eigenvalue weighted by Crippen LogP contribution is 2.31. The summed E-state index contributed by atoms with van der Waals surface area (Å²) in [6, 6.07) is 14.8. The molecule has 28 heavy (non-hydrogen) atoms. The number of amides is 1. The Morgan fingerprint density at radius 2 is 1.86 bits per heavy atom. The third-order valence-corrected chi connectivity index (χ3v) is 6.98. The molecule has 1 aliphatic rings. The quantitative estimate of drug-likeness (QED) is 0.561. The molecule has 0 radical (unpaired) electrons. The molecule has 1 saturated heterocycles. The summed E-state index contributed by atoms with van der Waals surface area (Å²) in [5.41, 5.74) is 1.01. The van der Waals surface area contributed by atoms with Crippen LogP contribution >= 0.6 is 23.1 Å². The normalized spacial score (nSPS) is 19.7. The van der Waals surface area contributed by atoms with E-state index in [1.54, 1.807) is 11.3 Å². The number of carbonyl (C=O) groups excluding carboxylic acids is 1. The summed E-state index contributed by atoms with van der Waals surface area (Å²) in [5.74, 6) is 1.38. The second-order valence-corrected chi connectivity index (χ2v) is 9.06. The van der Waals surface area contributed by atoms with Crippen LogP contribution in [0.3, 0.4) is 0 Å². The van der Waals surface area contributed by atoms with Gasteiger partial charge in [0.05, 0.1) is 10.6 Å². The molecule has 7 heteroatoms. The van der Waals surface area contributed by atoms with Gasteiger partial charge in [0.1, 0.15) is 0 Å². The monoisotopic (exact) mass is 412 g/mol. The highest BCUT2D eigenvalue weighted by atomic mass is 32.2. The number of benzene rings is 1. The molecule has 0 N–H and O–H groups in total. The Kier molecular flexibility index (Phi) is 5.82. The van der Waals surface area contributed by atoms with Gasteiger partial charge in [-0.25, -0.2) is 0 Å². The average Bonchev–Trinajstić information content (AvgIpc) is 3.36.